The Labute approximate surface area is 295 Å². The average molecular weight is 699 g/mol. The summed E-state index contributed by atoms with van der Waals surface area (Å²) >= 11 is 1.61. The molecule has 0 spiro atoms. The lowest BCUT2D eigenvalue weighted by molar-refractivity contribution is -0.245. The van der Waals surface area contributed by atoms with Crippen molar-refractivity contribution in [3.63, 3.8) is 0 Å². The summed E-state index contributed by atoms with van der Waals surface area (Å²) in [5.41, 5.74) is 7.58. The molecule has 1 heterocycles. The highest BCUT2D eigenvalue weighted by Crippen LogP contribution is 2.40. The summed E-state index contributed by atoms with van der Waals surface area (Å²) in [4.78, 5) is 35.6. The van der Waals surface area contributed by atoms with E-state index in [2.05, 4.69) is 11.4 Å². The molecule has 0 saturated carbocycles. The fraction of sp³-hybridized carbons (Fsp3) is 0.308. The molecule has 11 heteroatoms. The number of ether oxygens (including phenoxy) is 2. The number of thioether (sulfide) groups is 1. The molecule has 1 aliphatic rings. The molecule has 5 N–H and O–H groups in total. The van der Waals surface area contributed by atoms with E-state index < -0.39 is 18.2 Å². The Balaban J connectivity index is 1.21. The number of hydrogen-bond acceptors (Lipinski definition) is 8. The predicted octanol–water partition coefficient (Wildman–Crippen LogP) is 6.95. The first kappa shape index (κ1) is 36.8. The summed E-state index contributed by atoms with van der Waals surface area (Å²) in [7, 11) is 0. The van der Waals surface area contributed by atoms with Crippen LogP contribution in [0.3, 0.4) is 0 Å². The second-order valence-electron chi connectivity index (χ2n) is 12.2. The lowest BCUT2D eigenvalue weighted by Gasteiger charge is -2.36. The number of aliphatic hydroxyl groups excluding tert-OH is 1. The Morgan fingerprint density at radius 1 is 0.760 bits per heavy atom. The molecule has 10 nitrogen and oxygen atoms in total. The van der Waals surface area contributed by atoms with Gasteiger partial charge < -0.3 is 25.0 Å². The van der Waals surface area contributed by atoms with Gasteiger partial charge in [0.05, 0.1) is 24.4 Å². The average Bonchev–Trinajstić information content (AvgIpc) is 3.16. The van der Waals surface area contributed by atoms with Crippen molar-refractivity contribution in [3.8, 4) is 11.1 Å². The number of hydrogen-bond donors (Lipinski definition) is 5. The Morgan fingerprint density at radius 3 is 2.14 bits per heavy atom. The number of rotatable bonds is 16. The number of aromatic carboxylic acids is 1. The van der Waals surface area contributed by atoms with E-state index in [-0.39, 0.29) is 36.7 Å². The quantitative estimate of drug-likeness (QED) is 0.0362. The van der Waals surface area contributed by atoms with Crippen molar-refractivity contribution in [2.75, 3.05) is 5.75 Å². The SMILES string of the molecule is O=C(CCCCCC(=O)NCc1cccc(-c2ccc([C@@H]3O[C@H](CSc4ccc(C(=O)O)cc4)C[C@H](c4ccc(CO)cc4)O3)cc2)c1)NO. The van der Waals surface area contributed by atoms with E-state index >= 15 is 0 Å². The van der Waals surface area contributed by atoms with E-state index in [4.69, 9.17) is 14.7 Å². The van der Waals surface area contributed by atoms with E-state index in [9.17, 15) is 24.6 Å². The largest absolute Gasteiger partial charge is 0.478 e. The number of amides is 2. The van der Waals surface area contributed by atoms with Gasteiger partial charge in [-0.05, 0) is 71.0 Å². The number of unbranched alkanes of at least 4 members (excludes halogenated alkanes) is 2. The summed E-state index contributed by atoms with van der Waals surface area (Å²) in [6.07, 6.45) is 2.30. The van der Waals surface area contributed by atoms with Crippen LogP contribution in [0.5, 0.6) is 0 Å². The first-order valence-corrected chi connectivity index (χ1v) is 17.7. The molecule has 3 atom stereocenters. The van der Waals surface area contributed by atoms with Gasteiger partial charge in [0, 0.05) is 42.0 Å². The Hall–Kier alpha value is -4.52. The van der Waals surface area contributed by atoms with Gasteiger partial charge in [-0.3, -0.25) is 14.8 Å². The number of aliphatic hydroxyl groups is 1. The number of carboxylic acids is 1. The summed E-state index contributed by atoms with van der Waals surface area (Å²) in [5.74, 6) is -0.765. The lowest BCUT2D eigenvalue weighted by atomic mass is 9.99. The molecule has 0 bridgehead atoms. The molecule has 0 aliphatic carbocycles. The van der Waals surface area contributed by atoms with Gasteiger partial charge in [-0.2, -0.15) is 0 Å². The first-order valence-electron chi connectivity index (χ1n) is 16.7. The minimum absolute atomic E-state index is 0.0299. The summed E-state index contributed by atoms with van der Waals surface area (Å²) in [6, 6.07) is 30.7. The fourth-order valence-electron chi connectivity index (χ4n) is 5.69. The van der Waals surface area contributed by atoms with Gasteiger partial charge in [0.25, 0.3) is 0 Å². The predicted molar refractivity (Wildman–Crippen MR) is 189 cm³/mol. The minimum Gasteiger partial charge on any atom is -0.478 e. The zero-order valence-corrected chi connectivity index (χ0v) is 28.4. The molecule has 1 fully saturated rings. The van der Waals surface area contributed by atoms with Crippen LogP contribution in [0.1, 0.15) is 83.5 Å². The molecule has 2 amide bonds. The smallest absolute Gasteiger partial charge is 0.335 e. The fourth-order valence-corrected chi connectivity index (χ4v) is 6.61. The van der Waals surface area contributed by atoms with Crippen LogP contribution in [-0.4, -0.2) is 45.1 Å². The second kappa shape index (κ2) is 18.5. The van der Waals surface area contributed by atoms with Gasteiger partial charge in [0.15, 0.2) is 6.29 Å². The normalized spacial score (nSPS) is 17.2. The van der Waals surface area contributed by atoms with Crippen LogP contribution >= 0.6 is 11.8 Å². The Bertz CT molecular complexity index is 1710. The van der Waals surface area contributed by atoms with Crippen molar-refractivity contribution in [1.82, 2.24) is 10.8 Å². The van der Waals surface area contributed by atoms with Crippen molar-refractivity contribution >= 4 is 29.5 Å². The topological polar surface area (TPSA) is 154 Å². The minimum atomic E-state index is -0.955. The van der Waals surface area contributed by atoms with Crippen LogP contribution in [0.15, 0.2) is 102 Å². The number of hydroxylamine groups is 1. The maximum absolute atomic E-state index is 12.3. The van der Waals surface area contributed by atoms with Crippen LogP contribution in [0, 0.1) is 0 Å². The summed E-state index contributed by atoms with van der Waals surface area (Å²) in [6.45, 7) is 0.378. The number of nitrogens with one attached hydrogen (secondary N) is 2. The third-order valence-corrected chi connectivity index (χ3v) is 9.66. The summed E-state index contributed by atoms with van der Waals surface area (Å²) in [5, 5.41) is 30.3. The third kappa shape index (κ3) is 10.7. The number of carbonyl (C=O) groups is 3. The third-order valence-electron chi connectivity index (χ3n) is 8.52. The molecule has 1 aliphatic heterocycles. The van der Waals surface area contributed by atoms with Crippen molar-refractivity contribution < 1.29 is 39.3 Å². The monoisotopic (exact) mass is 698 g/mol. The zero-order valence-electron chi connectivity index (χ0n) is 27.6. The highest BCUT2D eigenvalue weighted by molar-refractivity contribution is 7.99. The van der Waals surface area contributed by atoms with Gasteiger partial charge in [-0.15, -0.1) is 11.8 Å². The van der Waals surface area contributed by atoms with E-state index in [0.717, 1.165) is 44.7 Å². The molecular weight excluding hydrogens is 657 g/mol. The highest BCUT2D eigenvalue weighted by Gasteiger charge is 2.32. The molecular formula is C39H42N2O8S. The molecule has 1 saturated heterocycles. The summed E-state index contributed by atoms with van der Waals surface area (Å²) < 4.78 is 13.0. The lowest BCUT2D eigenvalue weighted by Crippen LogP contribution is -2.31. The van der Waals surface area contributed by atoms with Crippen molar-refractivity contribution in [2.45, 2.75) is 75.1 Å². The highest BCUT2D eigenvalue weighted by atomic mass is 32.2. The van der Waals surface area contributed by atoms with Gasteiger partial charge in [-0.25, -0.2) is 10.3 Å². The van der Waals surface area contributed by atoms with Crippen LogP contribution in [0.2, 0.25) is 0 Å². The van der Waals surface area contributed by atoms with Crippen LogP contribution in [0.25, 0.3) is 11.1 Å². The number of carboxylic acid groups (broad SMARTS) is 1. The van der Waals surface area contributed by atoms with E-state index in [0.29, 0.717) is 38.0 Å². The molecule has 50 heavy (non-hydrogen) atoms. The Morgan fingerprint density at radius 2 is 1.46 bits per heavy atom. The zero-order chi connectivity index (χ0) is 35.3. The molecule has 0 radical (unpaired) electrons. The molecule has 0 unspecified atom stereocenters. The molecule has 0 aromatic heterocycles. The maximum atomic E-state index is 12.3. The van der Waals surface area contributed by atoms with Crippen LogP contribution in [0.4, 0.5) is 0 Å². The van der Waals surface area contributed by atoms with Crippen LogP contribution in [-0.2, 0) is 32.2 Å². The standard InChI is InChI=1S/C39H42N2O8S/c42-24-26-9-11-29(12-10-26)35-22-33(25-50-34-19-17-30(18-20-34)38(45)46)48-39(49-35)31-15-13-28(14-16-31)32-6-4-5-27(21-32)23-40-36(43)7-2-1-3-8-37(44)41-47/h4-6,9-21,33,35,39,42,47H,1-3,7-8,22-25H2,(H,40,43)(H,41,44)(H,45,46)/t33-,35+,39+/m0/s1. The molecule has 5 rings (SSSR count). The number of carbonyl (C=O) groups excluding carboxylic acids is 2. The van der Waals surface area contributed by atoms with Crippen molar-refractivity contribution in [2.24, 2.45) is 0 Å². The van der Waals surface area contributed by atoms with Crippen molar-refractivity contribution in [1.29, 1.82) is 0 Å². The molecule has 4 aromatic carbocycles. The van der Waals surface area contributed by atoms with Gasteiger partial charge in [-0.1, -0.05) is 73.2 Å². The molecule has 4 aromatic rings. The van der Waals surface area contributed by atoms with E-state index in [1.54, 1.807) is 29.4 Å². The maximum Gasteiger partial charge on any atom is 0.335 e. The van der Waals surface area contributed by atoms with Crippen molar-refractivity contribution in [3.05, 3.63) is 125 Å². The number of benzene rings is 4. The van der Waals surface area contributed by atoms with Crippen LogP contribution < -0.4 is 10.8 Å². The van der Waals surface area contributed by atoms with E-state index in [1.165, 1.54) is 0 Å². The van der Waals surface area contributed by atoms with Gasteiger partial charge in [0.2, 0.25) is 11.8 Å². The van der Waals surface area contributed by atoms with Gasteiger partial charge in [0.1, 0.15) is 0 Å². The Kier molecular flexibility index (Phi) is 13.6. The molecule has 262 valence electrons. The second-order valence-corrected chi connectivity index (χ2v) is 13.3. The first-order chi connectivity index (χ1) is 24.3. The van der Waals surface area contributed by atoms with Gasteiger partial charge >= 0.3 is 5.97 Å². The van der Waals surface area contributed by atoms with E-state index in [1.807, 2.05) is 78.9 Å².